The Hall–Kier alpha value is -2.15. The van der Waals surface area contributed by atoms with E-state index >= 15 is 0 Å². The second kappa shape index (κ2) is 10.2. The summed E-state index contributed by atoms with van der Waals surface area (Å²) >= 11 is 0. The van der Waals surface area contributed by atoms with Crippen LogP contribution in [0.2, 0.25) is 0 Å². The van der Waals surface area contributed by atoms with Gasteiger partial charge in [-0.3, -0.25) is 9.78 Å². The number of ether oxygens (including phenoxy) is 2. The van der Waals surface area contributed by atoms with Crippen molar-refractivity contribution in [3.05, 3.63) is 29.1 Å². The van der Waals surface area contributed by atoms with Gasteiger partial charge in [-0.2, -0.15) is 0 Å². The van der Waals surface area contributed by atoms with Gasteiger partial charge in [-0.25, -0.2) is 4.79 Å². The van der Waals surface area contributed by atoms with Crippen molar-refractivity contribution in [1.29, 1.82) is 0 Å². The molecule has 4 rings (SSSR count). The third-order valence-corrected chi connectivity index (χ3v) is 6.82. The summed E-state index contributed by atoms with van der Waals surface area (Å²) in [5, 5.41) is 2.73. The summed E-state index contributed by atoms with van der Waals surface area (Å²) < 4.78 is 10.7. The number of aromatic nitrogens is 1. The molecule has 2 amide bonds. The molecule has 0 bridgehead atoms. The normalized spacial score (nSPS) is 24.0. The summed E-state index contributed by atoms with van der Waals surface area (Å²) in [5.41, 5.74) is 3.35. The standard InChI is InChI=1S/C25H37N3O4/c1-16-6-4-8-23(32-16)24(29)28(21-11-12-21)17(2)19-14-20(7-5-13-26-25(30)31-3)27-22(15-19)18-9-10-18/h14-18,21,23H,4-13H2,1-3H3,(H,26,30)/t16-,17-,23-/m1/s1. The molecule has 1 saturated heterocycles. The lowest BCUT2D eigenvalue weighted by atomic mass is 10.00. The minimum Gasteiger partial charge on any atom is -0.453 e. The van der Waals surface area contributed by atoms with E-state index in [1.165, 1.54) is 25.5 Å². The number of nitrogens with one attached hydrogen (secondary N) is 1. The fraction of sp³-hybridized carbons (Fsp3) is 0.720. The van der Waals surface area contributed by atoms with Crippen molar-refractivity contribution in [2.45, 2.75) is 102 Å². The van der Waals surface area contributed by atoms with E-state index in [1.807, 2.05) is 0 Å². The highest BCUT2D eigenvalue weighted by molar-refractivity contribution is 5.82. The fourth-order valence-electron chi connectivity index (χ4n) is 4.68. The summed E-state index contributed by atoms with van der Waals surface area (Å²) in [6.45, 7) is 4.77. The van der Waals surface area contributed by atoms with Crippen molar-refractivity contribution in [2.24, 2.45) is 0 Å². The van der Waals surface area contributed by atoms with Crippen molar-refractivity contribution < 1.29 is 19.1 Å². The molecule has 3 fully saturated rings. The molecule has 1 aromatic rings. The van der Waals surface area contributed by atoms with Gasteiger partial charge < -0.3 is 19.7 Å². The van der Waals surface area contributed by atoms with Crippen molar-refractivity contribution in [3.8, 4) is 0 Å². The van der Waals surface area contributed by atoms with Gasteiger partial charge in [0.15, 0.2) is 0 Å². The predicted octanol–water partition coefficient (Wildman–Crippen LogP) is 4.26. The average Bonchev–Trinajstić information content (AvgIpc) is 3.70. The predicted molar refractivity (Wildman–Crippen MR) is 121 cm³/mol. The van der Waals surface area contributed by atoms with Crippen molar-refractivity contribution in [1.82, 2.24) is 15.2 Å². The lowest BCUT2D eigenvalue weighted by molar-refractivity contribution is -0.154. The molecule has 3 atom stereocenters. The Labute approximate surface area is 191 Å². The Bertz CT molecular complexity index is 821. The number of methoxy groups -OCH3 is 1. The van der Waals surface area contributed by atoms with Crippen LogP contribution in [0.25, 0.3) is 0 Å². The summed E-state index contributed by atoms with van der Waals surface area (Å²) in [4.78, 5) is 31.8. The van der Waals surface area contributed by atoms with Crippen LogP contribution in [0.1, 0.15) is 94.1 Å². The molecule has 0 radical (unpaired) electrons. The number of amides is 2. The SMILES string of the molecule is COC(=O)NCCCc1cc([C@@H](C)N(C(=O)[C@H]2CCC[C@@H](C)O2)C2CC2)cc(C2CC2)n1. The topological polar surface area (TPSA) is 80.8 Å². The van der Waals surface area contributed by atoms with E-state index in [0.29, 0.717) is 18.5 Å². The molecule has 3 aliphatic rings. The van der Waals surface area contributed by atoms with Crippen LogP contribution >= 0.6 is 0 Å². The van der Waals surface area contributed by atoms with E-state index in [1.54, 1.807) is 0 Å². The number of rotatable bonds is 9. The van der Waals surface area contributed by atoms with E-state index in [-0.39, 0.29) is 24.2 Å². The van der Waals surface area contributed by atoms with E-state index in [9.17, 15) is 9.59 Å². The number of pyridine rings is 1. The fourth-order valence-corrected chi connectivity index (χ4v) is 4.68. The first-order valence-electron chi connectivity index (χ1n) is 12.3. The van der Waals surface area contributed by atoms with E-state index in [0.717, 1.165) is 56.3 Å². The molecule has 2 saturated carbocycles. The van der Waals surface area contributed by atoms with Crippen LogP contribution in [0.15, 0.2) is 12.1 Å². The van der Waals surface area contributed by atoms with Gasteiger partial charge in [0, 0.05) is 29.9 Å². The second-order valence-corrected chi connectivity index (χ2v) is 9.63. The zero-order valence-corrected chi connectivity index (χ0v) is 19.6. The maximum absolute atomic E-state index is 13.5. The summed E-state index contributed by atoms with van der Waals surface area (Å²) in [6.07, 6.45) is 8.45. The minimum atomic E-state index is -0.406. The number of aryl methyl sites for hydroxylation is 1. The van der Waals surface area contributed by atoms with Crippen molar-refractivity contribution in [2.75, 3.05) is 13.7 Å². The highest BCUT2D eigenvalue weighted by Crippen LogP contribution is 2.41. The second-order valence-electron chi connectivity index (χ2n) is 9.63. The molecule has 1 aromatic heterocycles. The molecular formula is C25H37N3O4. The Kier molecular flexibility index (Phi) is 7.33. The van der Waals surface area contributed by atoms with E-state index in [2.05, 4.69) is 40.9 Å². The summed E-state index contributed by atoms with van der Waals surface area (Å²) in [7, 11) is 1.37. The molecule has 2 aliphatic carbocycles. The first-order valence-corrected chi connectivity index (χ1v) is 12.3. The zero-order valence-electron chi connectivity index (χ0n) is 19.6. The van der Waals surface area contributed by atoms with Gasteiger partial charge in [0.25, 0.3) is 5.91 Å². The highest BCUT2D eigenvalue weighted by atomic mass is 16.5. The Morgan fingerprint density at radius 2 is 2.00 bits per heavy atom. The Morgan fingerprint density at radius 3 is 2.66 bits per heavy atom. The van der Waals surface area contributed by atoms with Crippen LogP contribution in [0, 0.1) is 0 Å². The van der Waals surface area contributed by atoms with Crippen LogP contribution < -0.4 is 5.32 Å². The number of carbonyl (C=O) groups excluding carboxylic acids is 2. The third-order valence-electron chi connectivity index (χ3n) is 6.82. The minimum absolute atomic E-state index is 0.00303. The molecule has 0 unspecified atom stereocenters. The van der Waals surface area contributed by atoms with E-state index in [4.69, 9.17) is 9.72 Å². The van der Waals surface area contributed by atoms with Gasteiger partial charge in [-0.05, 0) is 89.3 Å². The van der Waals surface area contributed by atoms with Gasteiger partial charge in [-0.15, -0.1) is 0 Å². The van der Waals surface area contributed by atoms with Crippen LogP contribution in [0.5, 0.6) is 0 Å². The van der Waals surface area contributed by atoms with Crippen LogP contribution in [-0.4, -0.2) is 53.8 Å². The number of nitrogens with zero attached hydrogens (tertiary/aromatic N) is 2. The molecule has 32 heavy (non-hydrogen) atoms. The Morgan fingerprint density at radius 1 is 1.22 bits per heavy atom. The molecule has 176 valence electrons. The van der Waals surface area contributed by atoms with Gasteiger partial charge in [0.1, 0.15) is 6.10 Å². The average molecular weight is 444 g/mol. The maximum Gasteiger partial charge on any atom is 0.406 e. The molecule has 7 nitrogen and oxygen atoms in total. The molecule has 1 N–H and O–H groups in total. The summed E-state index contributed by atoms with van der Waals surface area (Å²) in [6, 6.07) is 4.69. The summed E-state index contributed by atoms with van der Waals surface area (Å²) in [5.74, 6) is 0.696. The maximum atomic E-state index is 13.5. The molecule has 2 heterocycles. The van der Waals surface area contributed by atoms with Crippen LogP contribution in [-0.2, 0) is 20.7 Å². The largest absolute Gasteiger partial charge is 0.453 e. The van der Waals surface area contributed by atoms with Crippen molar-refractivity contribution >= 4 is 12.0 Å². The lowest BCUT2D eigenvalue weighted by Gasteiger charge is -2.36. The van der Waals surface area contributed by atoms with Gasteiger partial charge >= 0.3 is 6.09 Å². The quantitative estimate of drug-likeness (QED) is 0.577. The number of alkyl carbamates (subject to hydrolysis) is 1. The molecule has 1 aliphatic heterocycles. The van der Waals surface area contributed by atoms with Crippen LogP contribution in [0.3, 0.4) is 0 Å². The first-order chi connectivity index (χ1) is 15.5. The number of hydrogen-bond acceptors (Lipinski definition) is 5. The smallest absolute Gasteiger partial charge is 0.406 e. The molecule has 7 heteroatoms. The molecule has 0 spiro atoms. The van der Waals surface area contributed by atoms with Gasteiger partial charge in [0.2, 0.25) is 0 Å². The third kappa shape index (κ3) is 5.80. The zero-order chi connectivity index (χ0) is 22.7. The van der Waals surface area contributed by atoms with E-state index < -0.39 is 6.09 Å². The molecule has 0 aromatic carbocycles. The molecular weight excluding hydrogens is 406 g/mol. The monoisotopic (exact) mass is 443 g/mol. The van der Waals surface area contributed by atoms with Crippen LogP contribution in [0.4, 0.5) is 4.79 Å². The first kappa shape index (κ1) is 23.0. The number of carbonyl (C=O) groups is 2. The van der Waals surface area contributed by atoms with Gasteiger partial charge in [-0.1, -0.05) is 0 Å². The van der Waals surface area contributed by atoms with Crippen molar-refractivity contribution in [3.63, 3.8) is 0 Å². The number of hydrogen-bond donors (Lipinski definition) is 1. The lowest BCUT2D eigenvalue weighted by Crippen LogP contribution is -2.45. The van der Waals surface area contributed by atoms with Gasteiger partial charge in [0.05, 0.1) is 19.3 Å². The Balaban J connectivity index is 1.49. The highest BCUT2D eigenvalue weighted by Gasteiger charge is 2.41.